The zero-order valence-corrected chi connectivity index (χ0v) is 23.9. The molecule has 0 aliphatic heterocycles. The van der Waals surface area contributed by atoms with Gasteiger partial charge in [0.25, 0.3) is 0 Å². The molecular formula is C31H26Cl3NO5. The van der Waals surface area contributed by atoms with Crippen LogP contribution in [0.1, 0.15) is 70.3 Å². The number of ether oxygens (including phenoxy) is 2. The van der Waals surface area contributed by atoms with Crippen LogP contribution in [0.2, 0.25) is 15.1 Å². The van der Waals surface area contributed by atoms with Gasteiger partial charge in [0.15, 0.2) is 0 Å². The van der Waals surface area contributed by atoms with Crippen molar-refractivity contribution in [1.82, 2.24) is 5.16 Å². The maximum absolute atomic E-state index is 11.9. The van der Waals surface area contributed by atoms with Crippen LogP contribution >= 0.6 is 34.8 Å². The molecule has 1 aromatic heterocycles. The third-order valence-electron chi connectivity index (χ3n) is 7.74. The summed E-state index contributed by atoms with van der Waals surface area (Å²) in [6.07, 6.45) is 3.05. The van der Waals surface area contributed by atoms with Gasteiger partial charge in [-0.1, -0.05) is 64.2 Å². The number of nitrogens with zero attached hydrogens (tertiary/aromatic N) is 1. The normalized spacial score (nSPS) is 20.2. The van der Waals surface area contributed by atoms with E-state index in [1.807, 2.05) is 18.2 Å². The number of aromatic nitrogens is 1. The lowest BCUT2D eigenvalue weighted by Crippen LogP contribution is -2.40. The van der Waals surface area contributed by atoms with Crippen molar-refractivity contribution in [2.24, 2.45) is 0 Å². The first-order chi connectivity index (χ1) is 19.3. The molecule has 0 spiro atoms. The molecule has 206 valence electrons. The molecule has 40 heavy (non-hydrogen) atoms. The van der Waals surface area contributed by atoms with E-state index < -0.39 is 5.60 Å². The molecule has 4 aromatic rings. The SMILES string of the molecule is COC(=O)c1cccc([C@H]2C[C@@](O)(c3ccc(OCc4c(-c5c(Cl)cccc5Cl)noc4C4CC4)cc3Cl)C2)c1. The van der Waals surface area contributed by atoms with Crippen molar-refractivity contribution < 1.29 is 23.9 Å². The molecule has 0 unspecified atom stereocenters. The molecule has 9 heteroatoms. The Morgan fingerprint density at radius 1 is 1.00 bits per heavy atom. The van der Waals surface area contributed by atoms with Crippen molar-refractivity contribution >= 4 is 40.8 Å². The van der Waals surface area contributed by atoms with Crippen LogP contribution in [0.5, 0.6) is 5.75 Å². The Morgan fingerprint density at radius 2 is 1.73 bits per heavy atom. The molecular weight excluding hydrogens is 573 g/mol. The second-order valence-electron chi connectivity index (χ2n) is 10.4. The van der Waals surface area contributed by atoms with Crippen molar-refractivity contribution in [1.29, 1.82) is 0 Å². The van der Waals surface area contributed by atoms with Gasteiger partial charge < -0.3 is 19.1 Å². The van der Waals surface area contributed by atoms with Crippen LogP contribution in [-0.2, 0) is 16.9 Å². The van der Waals surface area contributed by atoms with E-state index in [0.717, 1.165) is 29.7 Å². The highest BCUT2D eigenvalue weighted by molar-refractivity contribution is 6.39. The summed E-state index contributed by atoms with van der Waals surface area (Å²) in [5, 5.41) is 17.0. The molecule has 2 saturated carbocycles. The van der Waals surface area contributed by atoms with Crippen molar-refractivity contribution in [3.63, 3.8) is 0 Å². The molecule has 6 rings (SSSR count). The molecule has 0 radical (unpaired) electrons. The summed E-state index contributed by atoms with van der Waals surface area (Å²) in [5.41, 5.74) is 3.06. The van der Waals surface area contributed by atoms with Gasteiger partial charge in [-0.05, 0) is 73.6 Å². The minimum absolute atomic E-state index is 0.103. The zero-order valence-electron chi connectivity index (χ0n) is 21.6. The van der Waals surface area contributed by atoms with E-state index in [0.29, 0.717) is 62.0 Å². The van der Waals surface area contributed by atoms with Crippen LogP contribution in [-0.4, -0.2) is 23.3 Å². The molecule has 3 aromatic carbocycles. The maximum Gasteiger partial charge on any atom is 0.337 e. The van der Waals surface area contributed by atoms with Gasteiger partial charge in [0.1, 0.15) is 23.8 Å². The minimum Gasteiger partial charge on any atom is -0.489 e. The van der Waals surface area contributed by atoms with Gasteiger partial charge in [0.05, 0.1) is 38.9 Å². The average Bonchev–Trinajstić information content (AvgIpc) is 3.69. The van der Waals surface area contributed by atoms with Crippen molar-refractivity contribution in [2.45, 2.75) is 49.7 Å². The fourth-order valence-corrected chi connectivity index (χ4v) is 6.34. The maximum atomic E-state index is 11.9. The standard InChI is InChI=1S/C31H26Cl3NO5/c1-38-30(36)19-5-2-4-18(12-19)20-14-31(37,15-20)23-11-10-21(13-26(23)34)39-16-22-28(35-40-29(22)17-8-9-17)27-24(32)6-3-7-25(27)33/h2-7,10-13,17,20,37H,8-9,14-16H2,1H3/t20-,31-. The predicted octanol–water partition coefficient (Wildman–Crippen LogP) is 8.31. The number of carbonyl (C=O) groups excluding carboxylic acids is 1. The van der Waals surface area contributed by atoms with Crippen LogP contribution in [0.3, 0.4) is 0 Å². The molecule has 6 nitrogen and oxygen atoms in total. The van der Waals surface area contributed by atoms with E-state index in [-0.39, 0.29) is 18.5 Å². The van der Waals surface area contributed by atoms with Crippen molar-refractivity contribution in [3.8, 4) is 17.0 Å². The molecule has 2 aliphatic rings. The van der Waals surface area contributed by atoms with Gasteiger partial charge in [-0.3, -0.25) is 0 Å². The fraction of sp³-hybridized carbons (Fsp3) is 0.290. The van der Waals surface area contributed by atoms with Crippen LogP contribution < -0.4 is 4.74 Å². The van der Waals surface area contributed by atoms with E-state index in [1.165, 1.54) is 7.11 Å². The monoisotopic (exact) mass is 597 g/mol. The highest BCUT2D eigenvalue weighted by Crippen LogP contribution is 2.53. The van der Waals surface area contributed by atoms with Gasteiger partial charge in [0.2, 0.25) is 0 Å². The second kappa shape index (κ2) is 10.7. The van der Waals surface area contributed by atoms with Crippen molar-refractivity contribution in [2.75, 3.05) is 7.11 Å². The lowest BCUT2D eigenvalue weighted by molar-refractivity contribution is -0.0549. The smallest absolute Gasteiger partial charge is 0.337 e. The molecule has 0 amide bonds. The lowest BCUT2D eigenvalue weighted by atomic mass is 9.65. The molecule has 0 atom stereocenters. The van der Waals surface area contributed by atoms with Crippen LogP contribution in [0.15, 0.2) is 65.2 Å². The summed E-state index contributed by atoms with van der Waals surface area (Å²) >= 11 is 19.6. The average molecular weight is 599 g/mol. The summed E-state index contributed by atoms with van der Waals surface area (Å²) in [4.78, 5) is 11.9. The first-order valence-corrected chi connectivity index (χ1v) is 14.2. The zero-order chi connectivity index (χ0) is 28.0. The summed E-state index contributed by atoms with van der Waals surface area (Å²) < 4.78 is 16.7. The topological polar surface area (TPSA) is 81.8 Å². The highest BCUT2D eigenvalue weighted by atomic mass is 35.5. The number of hydrogen-bond acceptors (Lipinski definition) is 6. The van der Waals surface area contributed by atoms with Gasteiger partial charge in [-0.25, -0.2) is 4.79 Å². The number of methoxy groups -OCH3 is 1. The van der Waals surface area contributed by atoms with Crippen LogP contribution in [0.4, 0.5) is 0 Å². The quantitative estimate of drug-likeness (QED) is 0.205. The van der Waals surface area contributed by atoms with E-state index in [9.17, 15) is 9.90 Å². The highest BCUT2D eigenvalue weighted by Gasteiger charge is 2.45. The number of esters is 1. The Morgan fingerprint density at radius 3 is 2.40 bits per heavy atom. The number of benzene rings is 3. The third kappa shape index (κ3) is 5.10. The summed E-state index contributed by atoms with van der Waals surface area (Å²) in [6.45, 7) is 0.199. The minimum atomic E-state index is -1.07. The van der Waals surface area contributed by atoms with E-state index in [1.54, 1.807) is 42.5 Å². The van der Waals surface area contributed by atoms with E-state index >= 15 is 0 Å². The number of rotatable bonds is 8. The van der Waals surface area contributed by atoms with Crippen LogP contribution in [0.25, 0.3) is 11.3 Å². The molecule has 1 N–H and O–H groups in total. The molecule has 0 bridgehead atoms. The summed E-state index contributed by atoms with van der Waals surface area (Å²) in [6, 6.07) is 18.0. The number of aliphatic hydroxyl groups is 1. The van der Waals surface area contributed by atoms with E-state index in [2.05, 4.69) is 5.16 Å². The van der Waals surface area contributed by atoms with Gasteiger partial charge >= 0.3 is 5.97 Å². The Labute approximate surface area is 246 Å². The number of halogens is 3. The van der Waals surface area contributed by atoms with Gasteiger partial charge in [-0.2, -0.15) is 0 Å². The summed E-state index contributed by atoms with van der Waals surface area (Å²) in [7, 11) is 1.36. The van der Waals surface area contributed by atoms with Gasteiger partial charge in [0, 0.05) is 17.0 Å². The first kappa shape index (κ1) is 27.2. The van der Waals surface area contributed by atoms with E-state index in [4.69, 9.17) is 48.8 Å². The fourth-order valence-electron chi connectivity index (χ4n) is 5.42. The Hall–Kier alpha value is -3.03. The molecule has 1 heterocycles. The molecule has 2 aliphatic carbocycles. The largest absolute Gasteiger partial charge is 0.489 e. The third-order valence-corrected chi connectivity index (χ3v) is 8.68. The Kier molecular flexibility index (Phi) is 7.30. The predicted molar refractivity (Wildman–Crippen MR) is 153 cm³/mol. The number of carbonyl (C=O) groups is 1. The molecule has 2 fully saturated rings. The Bertz CT molecular complexity index is 1570. The second-order valence-corrected chi connectivity index (χ2v) is 11.7. The number of hydrogen-bond donors (Lipinski definition) is 1. The van der Waals surface area contributed by atoms with Crippen molar-refractivity contribution in [3.05, 3.63) is 104 Å². The first-order valence-electron chi connectivity index (χ1n) is 13.0. The molecule has 0 saturated heterocycles. The Balaban J connectivity index is 1.18. The lowest BCUT2D eigenvalue weighted by Gasteiger charge is -2.44. The summed E-state index contributed by atoms with van der Waals surface area (Å²) in [5.74, 6) is 1.37. The van der Waals surface area contributed by atoms with Gasteiger partial charge in [-0.15, -0.1) is 0 Å². The van der Waals surface area contributed by atoms with Crippen LogP contribution in [0, 0.1) is 0 Å².